The number of anilines is 2. The van der Waals surface area contributed by atoms with Crippen LogP contribution in [-0.2, 0) is 9.59 Å². The third-order valence-electron chi connectivity index (χ3n) is 4.99. The summed E-state index contributed by atoms with van der Waals surface area (Å²) in [6.45, 7) is 4.17. The van der Waals surface area contributed by atoms with E-state index in [1.807, 2.05) is 35.7 Å². The van der Waals surface area contributed by atoms with Gasteiger partial charge in [0.15, 0.2) is 5.13 Å². The Balaban J connectivity index is 1.56. The maximum Gasteiger partial charge on any atom is 0.234 e. The largest absolute Gasteiger partial charge is 0.309 e. The van der Waals surface area contributed by atoms with Crippen LogP contribution in [0.1, 0.15) is 6.42 Å². The Kier molecular flexibility index (Phi) is 5.72. The molecule has 152 valence electrons. The number of nitrogens with zero attached hydrogens (tertiary/aromatic N) is 3. The van der Waals surface area contributed by atoms with Crippen molar-refractivity contribution in [2.75, 3.05) is 22.9 Å². The summed E-state index contributed by atoms with van der Waals surface area (Å²) in [5, 5.41) is 2.45. The highest BCUT2D eigenvalue weighted by Gasteiger charge is 2.38. The van der Waals surface area contributed by atoms with Gasteiger partial charge in [0.2, 0.25) is 11.8 Å². The number of rotatable bonds is 6. The molecular formula is C23H20FN3O2S. The molecule has 1 fully saturated rings. The van der Waals surface area contributed by atoms with Crippen molar-refractivity contribution in [1.82, 2.24) is 4.98 Å². The normalized spacial score (nSPS) is 16.0. The summed E-state index contributed by atoms with van der Waals surface area (Å²) in [6.07, 6.45) is 1.67. The average molecular weight is 421 g/mol. The van der Waals surface area contributed by atoms with Crippen LogP contribution >= 0.6 is 11.3 Å². The molecule has 2 aromatic carbocycles. The minimum atomic E-state index is -0.568. The molecule has 1 aromatic heterocycles. The Morgan fingerprint density at radius 1 is 1.23 bits per heavy atom. The molecule has 1 saturated heterocycles. The fourth-order valence-corrected chi connectivity index (χ4v) is 4.37. The molecule has 0 aliphatic carbocycles. The highest BCUT2D eigenvalue weighted by Crippen LogP contribution is 2.32. The second-order valence-electron chi connectivity index (χ2n) is 6.98. The van der Waals surface area contributed by atoms with E-state index in [9.17, 15) is 14.0 Å². The van der Waals surface area contributed by atoms with Gasteiger partial charge in [-0.2, -0.15) is 0 Å². The monoisotopic (exact) mass is 421 g/mol. The van der Waals surface area contributed by atoms with Crippen LogP contribution in [0.4, 0.5) is 15.2 Å². The van der Waals surface area contributed by atoms with Crippen LogP contribution in [-0.4, -0.2) is 29.9 Å². The third kappa shape index (κ3) is 3.89. The number of carbonyl (C=O) groups is 2. The van der Waals surface area contributed by atoms with E-state index in [0.29, 0.717) is 5.13 Å². The molecule has 4 rings (SSSR count). The van der Waals surface area contributed by atoms with Gasteiger partial charge in [-0.1, -0.05) is 48.5 Å². The van der Waals surface area contributed by atoms with Crippen molar-refractivity contribution in [2.24, 2.45) is 5.92 Å². The Morgan fingerprint density at radius 3 is 2.70 bits per heavy atom. The van der Waals surface area contributed by atoms with E-state index < -0.39 is 11.7 Å². The fourth-order valence-electron chi connectivity index (χ4n) is 3.52. The molecule has 1 aliphatic rings. The Morgan fingerprint density at radius 2 is 1.97 bits per heavy atom. The van der Waals surface area contributed by atoms with Gasteiger partial charge in [-0.15, -0.1) is 17.9 Å². The van der Waals surface area contributed by atoms with Crippen LogP contribution in [0.25, 0.3) is 11.3 Å². The lowest BCUT2D eigenvalue weighted by Gasteiger charge is -2.22. The van der Waals surface area contributed by atoms with Crippen LogP contribution in [0.15, 0.2) is 72.6 Å². The van der Waals surface area contributed by atoms with Gasteiger partial charge in [0, 0.05) is 30.5 Å². The van der Waals surface area contributed by atoms with Gasteiger partial charge in [0.1, 0.15) is 5.82 Å². The van der Waals surface area contributed by atoms with Crippen LogP contribution in [0, 0.1) is 11.7 Å². The maximum absolute atomic E-state index is 14.1. The van der Waals surface area contributed by atoms with Crippen molar-refractivity contribution >= 4 is 34.0 Å². The molecule has 5 nitrogen and oxygen atoms in total. The van der Waals surface area contributed by atoms with Crippen molar-refractivity contribution in [3.05, 3.63) is 78.4 Å². The van der Waals surface area contributed by atoms with Gasteiger partial charge < -0.3 is 4.90 Å². The first-order valence-electron chi connectivity index (χ1n) is 9.56. The Bertz CT molecular complexity index is 1080. The molecular weight excluding hydrogens is 401 g/mol. The first kappa shape index (κ1) is 20.0. The van der Waals surface area contributed by atoms with E-state index in [-0.39, 0.29) is 37.0 Å². The zero-order valence-electron chi connectivity index (χ0n) is 16.2. The molecule has 1 unspecified atom stereocenters. The first-order valence-corrected chi connectivity index (χ1v) is 10.4. The van der Waals surface area contributed by atoms with Crippen molar-refractivity contribution < 1.29 is 14.0 Å². The zero-order chi connectivity index (χ0) is 21.1. The molecule has 3 aromatic rings. The molecule has 30 heavy (non-hydrogen) atoms. The Labute approximate surface area is 178 Å². The van der Waals surface area contributed by atoms with E-state index in [4.69, 9.17) is 0 Å². The van der Waals surface area contributed by atoms with E-state index in [0.717, 1.165) is 11.3 Å². The van der Waals surface area contributed by atoms with Crippen LogP contribution in [0.2, 0.25) is 0 Å². The lowest BCUT2D eigenvalue weighted by Crippen LogP contribution is -2.37. The SMILES string of the molecule is C=CCN(C(=O)C1CC(=O)N(c2ccccc2F)C1)c1nc(-c2ccccc2)cs1. The van der Waals surface area contributed by atoms with Gasteiger partial charge in [-0.25, -0.2) is 9.37 Å². The molecule has 0 bridgehead atoms. The standard InChI is InChI=1S/C23H20FN3O2S/c1-2-12-26(23-25-19(15-30-23)16-8-4-3-5-9-16)22(29)17-13-21(28)27(14-17)20-11-7-6-10-18(20)24/h2-11,15,17H,1,12-14H2. The number of hydrogen-bond donors (Lipinski definition) is 0. The summed E-state index contributed by atoms with van der Waals surface area (Å²) >= 11 is 1.37. The average Bonchev–Trinajstić information content (AvgIpc) is 3.40. The minimum Gasteiger partial charge on any atom is -0.309 e. The third-order valence-corrected chi connectivity index (χ3v) is 5.85. The summed E-state index contributed by atoms with van der Waals surface area (Å²) < 4.78 is 14.1. The van der Waals surface area contributed by atoms with Gasteiger partial charge in [-0.05, 0) is 12.1 Å². The summed E-state index contributed by atoms with van der Waals surface area (Å²) in [7, 11) is 0. The summed E-state index contributed by atoms with van der Waals surface area (Å²) in [6, 6.07) is 15.8. The molecule has 2 heterocycles. The topological polar surface area (TPSA) is 53.5 Å². The maximum atomic E-state index is 14.1. The number of hydrogen-bond acceptors (Lipinski definition) is 4. The van der Waals surface area contributed by atoms with Gasteiger partial charge in [0.25, 0.3) is 0 Å². The van der Waals surface area contributed by atoms with Crippen molar-refractivity contribution in [3.8, 4) is 11.3 Å². The Hall–Kier alpha value is -3.32. The number of para-hydroxylation sites is 1. The lowest BCUT2D eigenvalue weighted by atomic mass is 10.1. The predicted octanol–water partition coefficient (Wildman–Crippen LogP) is 4.52. The first-order chi connectivity index (χ1) is 14.6. The highest BCUT2D eigenvalue weighted by atomic mass is 32.1. The molecule has 0 saturated carbocycles. The van der Waals surface area contributed by atoms with E-state index in [1.54, 1.807) is 29.2 Å². The molecule has 7 heteroatoms. The zero-order valence-corrected chi connectivity index (χ0v) is 17.0. The van der Waals surface area contributed by atoms with Crippen LogP contribution in [0.5, 0.6) is 0 Å². The van der Waals surface area contributed by atoms with Gasteiger partial charge in [-0.3, -0.25) is 14.5 Å². The van der Waals surface area contributed by atoms with Gasteiger partial charge in [0.05, 0.1) is 17.3 Å². The number of halogens is 1. The van der Waals surface area contributed by atoms with E-state index in [2.05, 4.69) is 11.6 Å². The van der Waals surface area contributed by atoms with Crippen LogP contribution in [0.3, 0.4) is 0 Å². The minimum absolute atomic E-state index is 0.0394. The van der Waals surface area contributed by atoms with E-state index >= 15 is 0 Å². The molecule has 1 atom stereocenters. The molecule has 0 radical (unpaired) electrons. The highest BCUT2D eigenvalue weighted by molar-refractivity contribution is 7.14. The van der Waals surface area contributed by atoms with Crippen LogP contribution < -0.4 is 9.80 Å². The molecule has 2 amide bonds. The molecule has 1 aliphatic heterocycles. The fraction of sp³-hybridized carbons (Fsp3) is 0.174. The quantitative estimate of drug-likeness (QED) is 0.550. The number of thiazole rings is 1. The second-order valence-corrected chi connectivity index (χ2v) is 7.81. The van der Waals surface area contributed by atoms with Crippen molar-refractivity contribution in [3.63, 3.8) is 0 Å². The molecule has 0 spiro atoms. The lowest BCUT2D eigenvalue weighted by molar-refractivity contribution is -0.124. The summed E-state index contributed by atoms with van der Waals surface area (Å²) in [5.41, 5.74) is 1.95. The number of carbonyl (C=O) groups excluding carboxylic acids is 2. The second kappa shape index (κ2) is 8.59. The number of aromatic nitrogens is 1. The van der Waals surface area contributed by atoms with E-state index in [1.165, 1.54) is 22.3 Å². The predicted molar refractivity (Wildman–Crippen MR) is 117 cm³/mol. The van der Waals surface area contributed by atoms with Crippen molar-refractivity contribution in [2.45, 2.75) is 6.42 Å². The summed E-state index contributed by atoms with van der Waals surface area (Å²) in [5.74, 6) is -1.52. The van der Waals surface area contributed by atoms with Crippen molar-refractivity contribution in [1.29, 1.82) is 0 Å². The van der Waals surface area contributed by atoms with Gasteiger partial charge >= 0.3 is 0 Å². The number of amides is 2. The molecule has 0 N–H and O–H groups in total. The number of benzene rings is 2. The summed E-state index contributed by atoms with van der Waals surface area (Å²) in [4.78, 5) is 33.3. The smallest absolute Gasteiger partial charge is 0.234 e.